The van der Waals surface area contributed by atoms with Crippen LogP contribution in [0.4, 0.5) is 8.78 Å². The average molecular weight is 168 g/mol. The Morgan fingerprint density at radius 2 is 2.10 bits per heavy atom. The van der Waals surface area contributed by atoms with Gasteiger partial charge in [-0.3, -0.25) is 0 Å². The Labute approximate surface area is 64.6 Å². The van der Waals surface area contributed by atoms with Gasteiger partial charge in [0.25, 0.3) is 0 Å². The van der Waals surface area contributed by atoms with Crippen LogP contribution in [0.15, 0.2) is 0 Å². The number of hydrogen-bond acceptors (Lipinski definition) is 0. The minimum absolute atomic E-state index is 0.538. The Bertz CT molecular complexity index is 103. The third-order valence-corrected chi connectivity index (χ3v) is 2.12. The molecule has 0 amide bonds. The van der Waals surface area contributed by atoms with Crippen LogP contribution in [0.2, 0.25) is 0 Å². The van der Waals surface area contributed by atoms with Crippen LogP contribution in [0.25, 0.3) is 0 Å². The molecule has 3 heteroatoms. The third-order valence-electron chi connectivity index (χ3n) is 1.84. The van der Waals surface area contributed by atoms with Crippen molar-refractivity contribution in [3.63, 3.8) is 0 Å². The van der Waals surface area contributed by atoms with Crippen molar-refractivity contribution in [1.82, 2.24) is 0 Å². The first-order valence-corrected chi connectivity index (χ1v) is 3.88. The minimum atomic E-state index is -3.01. The van der Waals surface area contributed by atoms with Crippen LogP contribution in [0.5, 0.6) is 0 Å². The molecule has 1 aliphatic carbocycles. The second-order valence-electron chi connectivity index (χ2n) is 2.67. The molecule has 1 atom stereocenters. The van der Waals surface area contributed by atoms with Gasteiger partial charge in [0, 0.05) is 5.92 Å². The SMILES string of the molecule is FC(F)(Cl)C1[CH]CCCC1. The van der Waals surface area contributed by atoms with Crippen molar-refractivity contribution < 1.29 is 8.78 Å². The minimum Gasteiger partial charge on any atom is -0.188 e. The molecule has 1 aliphatic rings. The van der Waals surface area contributed by atoms with E-state index < -0.39 is 11.3 Å². The van der Waals surface area contributed by atoms with Crippen LogP contribution in [0.1, 0.15) is 25.7 Å². The molecule has 10 heavy (non-hydrogen) atoms. The quantitative estimate of drug-likeness (QED) is 0.526. The summed E-state index contributed by atoms with van der Waals surface area (Å²) in [6.45, 7) is 0. The Hall–Kier alpha value is 0.150. The van der Waals surface area contributed by atoms with Gasteiger partial charge in [-0.25, -0.2) is 0 Å². The molecule has 0 aromatic heterocycles. The molecule has 1 unspecified atom stereocenters. The van der Waals surface area contributed by atoms with Gasteiger partial charge in [0.05, 0.1) is 0 Å². The van der Waals surface area contributed by atoms with Gasteiger partial charge in [0.1, 0.15) is 0 Å². The highest BCUT2D eigenvalue weighted by molar-refractivity contribution is 6.21. The molecule has 0 saturated heterocycles. The van der Waals surface area contributed by atoms with E-state index in [1.165, 1.54) is 0 Å². The van der Waals surface area contributed by atoms with Gasteiger partial charge in [-0.15, -0.1) is 0 Å². The van der Waals surface area contributed by atoms with Gasteiger partial charge in [0.2, 0.25) is 0 Å². The van der Waals surface area contributed by atoms with E-state index in [9.17, 15) is 8.78 Å². The van der Waals surface area contributed by atoms with E-state index in [1.54, 1.807) is 6.42 Å². The van der Waals surface area contributed by atoms with E-state index >= 15 is 0 Å². The van der Waals surface area contributed by atoms with Crippen molar-refractivity contribution in [2.45, 2.75) is 31.1 Å². The van der Waals surface area contributed by atoms with E-state index in [0.29, 0.717) is 6.42 Å². The topological polar surface area (TPSA) is 0 Å². The first-order valence-electron chi connectivity index (χ1n) is 3.51. The molecule has 1 saturated carbocycles. The van der Waals surface area contributed by atoms with Gasteiger partial charge >= 0.3 is 5.38 Å². The van der Waals surface area contributed by atoms with Crippen molar-refractivity contribution in [2.75, 3.05) is 0 Å². The lowest BCUT2D eigenvalue weighted by atomic mass is 9.89. The lowest BCUT2D eigenvalue weighted by molar-refractivity contribution is 0.0319. The summed E-state index contributed by atoms with van der Waals surface area (Å²) in [4.78, 5) is 0. The van der Waals surface area contributed by atoms with Gasteiger partial charge in [-0.05, 0) is 30.9 Å². The summed E-state index contributed by atoms with van der Waals surface area (Å²) in [7, 11) is 0. The maximum atomic E-state index is 12.3. The van der Waals surface area contributed by atoms with Crippen LogP contribution < -0.4 is 0 Å². The van der Waals surface area contributed by atoms with E-state index in [1.807, 2.05) is 0 Å². The summed E-state index contributed by atoms with van der Waals surface area (Å²) in [5.74, 6) is -0.692. The zero-order valence-electron chi connectivity index (χ0n) is 5.62. The summed E-state index contributed by atoms with van der Waals surface area (Å²) >= 11 is 4.85. The fourth-order valence-electron chi connectivity index (χ4n) is 1.24. The molecule has 0 bridgehead atoms. The molecule has 0 spiro atoms. The summed E-state index contributed by atoms with van der Waals surface area (Å²) in [5.41, 5.74) is 0. The van der Waals surface area contributed by atoms with E-state index in [4.69, 9.17) is 11.6 Å². The molecular formula is C7H10ClF2. The predicted molar refractivity (Wildman–Crippen MR) is 37.1 cm³/mol. The Kier molecular flexibility index (Phi) is 2.50. The van der Waals surface area contributed by atoms with Crippen molar-refractivity contribution in [3.8, 4) is 0 Å². The Morgan fingerprint density at radius 3 is 2.40 bits per heavy atom. The van der Waals surface area contributed by atoms with E-state index in [0.717, 1.165) is 19.3 Å². The van der Waals surface area contributed by atoms with Crippen molar-refractivity contribution in [2.24, 2.45) is 5.92 Å². The fourth-order valence-corrected chi connectivity index (χ4v) is 1.44. The normalized spacial score (nSPS) is 23.1. The first kappa shape index (κ1) is 8.25. The molecule has 0 nitrogen and oxygen atoms in total. The molecule has 0 heterocycles. The number of rotatable bonds is 1. The molecule has 0 N–H and O–H groups in total. The third kappa shape index (κ3) is 2.08. The van der Waals surface area contributed by atoms with E-state index in [2.05, 4.69) is 0 Å². The molecular weight excluding hydrogens is 158 g/mol. The largest absolute Gasteiger partial charge is 0.324 e. The Morgan fingerprint density at radius 1 is 1.40 bits per heavy atom. The lowest BCUT2D eigenvalue weighted by Gasteiger charge is -2.24. The highest BCUT2D eigenvalue weighted by Crippen LogP contribution is 2.38. The standard InChI is InChI=1S/C7H10ClF2/c8-7(9,10)6-4-2-1-3-5-6/h4,6H,1-3,5H2. The fraction of sp³-hybridized carbons (Fsp3) is 0.857. The lowest BCUT2D eigenvalue weighted by Crippen LogP contribution is -2.24. The summed E-state index contributed by atoms with van der Waals surface area (Å²) in [5, 5.41) is -3.01. The zero-order chi connectivity index (χ0) is 7.61. The van der Waals surface area contributed by atoms with Crippen molar-refractivity contribution >= 4 is 11.6 Å². The number of hydrogen-bond donors (Lipinski definition) is 0. The number of halogens is 3. The van der Waals surface area contributed by atoms with Crippen LogP contribution in [-0.4, -0.2) is 5.38 Å². The average Bonchev–Trinajstić information content (AvgIpc) is 1.88. The van der Waals surface area contributed by atoms with Crippen LogP contribution in [0, 0.1) is 12.3 Å². The van der Waals surface area contributed by atoms with Crippen LogP contribution in [-0.2, 0) is 0 Å². The highest BCUT2D eigenvalue weighted by atomic mass is 35.5. The summed E-state index contributed by atoms with van der Waals surface area (Å²) in [6, 6.07) is 0. The second kappa shape index (κ2) is 3.04. The molecule has 59 valence electrons. The van der Waals surface area contributed by atoms with Crippen LogP contribution >= 0.6 is 11.6 Å². The monoisotopic (exact) mass is 167 g/mol. The zero-order valence-corrected chi connectivity index (χ0v) is 6.37. The predicted octanol–water partition coefficient (Wildman–Crippen LogP) is 3.21. The van der Waals surface area contributed by atoms with E-state index in [-0.39, 0.29) is 0 Å². The Balaban J connectivity index is 2.39. The van der Waals surface area contributed by atoms with Gasteiger partial charge < -0.3 is 0 Å². The van der Waals surface area contributed by atoms with Gasteiger partial charge in [0.15, 0.2) is 0 Å². The maximum absolute atomic E-state index is 12.3. The summed E-state index contributed by atoms with van der Waals surface area (Å²) < 4.78 is 24.7. The van der Waals surface area contributed by atoms with Gasteiger partial charge in [-0.1, -0.05) is 12.8 Å². The molecule has 1 fully saturated rings. The first-order chi connectivity index (χ1) is 4.61. The van der Waals surface area contributed by atoms with Crippen LogP contribution in [0.3, 0.4) is 0 Å². The maximum Gasteiger partial charge on any atom is 0.324 e. The molecule has 0 aromatic rings. The van der Waals surface area contributed by atoms with Gasteiger partial charge in [-0.2, -0.15) is 8.78 Å². The smallest absolute Gasteiger partial charge is 0.188 e. The number of alkyl halides is 3. The highest BCUT2D eigenvalue weighted by Gasteiger charge is 2.37. The molecule has 0 aromatic carbocycles. The molecule has 1 rings (SSSR count). The molecule has 1 radical (unpaired) electrons. The summed E-state index contributed by atoms with van der Waals surface area (Å²) in [6.07, 6.45) is 4.87. The molecule has 0 aliphatic heterocycles. The van der Waals surface area contributed by atoms with Crippen molar-refractivity contribution in [1.29, 1.82) is 0 Å². The van der Waals surface area contributed by atoms with Crippen molar-refractivity contribution in [3.05, 3.63) is 6.42 Å². The second-order valence-corrected chi connectivity index (χ2v) is 3.17.